The van der Waals surface area contributed by atoms with Crippen molar-refractivity contribution >= 4 is 22.4 Å². The number of rotatable bonds is 6. The van der Waals surface area contributed by atoms with Gasteiger partial charge in [0.05, 0.1) is 12.2 Å². The molecule has 1 heterocycles. The molecule has 4 nitrogen and oxygen atoms in total. The molecule has 4 heteroatoms. The summed E-state index contributed by atoms with van der Waals surface area (Å²) in [6.07, 6.45) is 0. The highest BCUT2D eigenvalue weighted by Gasteiger charge is 2.23. The van der Waals surface area contributed by atoms with Crippen molar-refractivity contribution < 1.29 is 4.79 Å². The zero-order valence-electron chi connectivity index (χ0n) is 16.3. The highest BCUT2D eigenvalue weighted by molar-refractivity contribution is 6.04. The molecular weight excluding hydrogens is 322 g/mol. The molecule has 0 unspecified atom stereocenters. The standard InChI is InChI=1S/C22H31N3O/c1-4-25(21-11-7-9-19-8-5-6-10-20(19)21)22(26)17-24-14-12-23(13-15-24)16-18(2)3/h5-11,18H,4,12-17H2,1-3H3. The fraction of sp³-hybridized carbons (Fsp3) is 0.500. The Bertz CT molecular complexity index is 730. The van der Waals surface area contributed by atoms with Crippen molar-refractivity contribution in [3.8, 4) is 0 Å². The van der Waals surface area contributed by atoms with Crippen molar-refractivity contribution in [2.24, 2.45) is 5.92 Å². The molecule has 0 N–H and O–H groups in total. The first kappa shape index (κ1) is 18.9. The molecule has 0 radical (unpaired) electrons. The maximum Gasteiger partial charge on any atom is 0.241 e. The topological polar surface area (TPSA) is 26.8 Å². The Morgan fingerprint density at radius 3 is 2.35 bits per heavy atom. The van der Waals surface area contributed by atoms with Gasteiger partial charge in [0.2, 0.25) is 5.91 Å². The first-order valence-electron chi connectivity index (χ1n) is 9.81. The van der Waals surface area contributed by atoms with E-state index in [1.165, 1.54) is 5.39 Å². The van der Waals surface area contributed by atoms with Gasteiger partial charge in [-0.2, -0.15) is 0 Å². The Labute approximate surface area is 157 Å². The van der Waals surface area contributed by atoms with Crippen LogP contribution in [0.5, 0.6) is 0 Å². The average Bonchev–Trinajstić information content (AvgIpc) is 2.64. The molecule has 0 saturated carbocycles. The summed E-state index contributed by atoms with van der Waals surface area (Å²) in [5.41, 5.74) is 1.02. The lowest BCUT2D eigenvalue weighted by Gasteiger charge is -2.36. The van der Waals surface area contributed by atoms with Gasteiger partial charge in [-0.3, -0.25) is 9.69 Å². The molecule has 1 amide bonds. The monoisotopic (exact) mass is 353 g/mol. The average molecular weight is 354 g/mol. The number of likely N-dealkylation sites (N-methyl/N-ethyl adjacent to an activating group) is 1. The van der Waals surface area contributed by atoms with Crippen molar-refractivity contribution in [1.29, 1.82) is 0 Å². The van der Waals surface area contributed by atoms with E-state index in [1.54, 1.807) is 0 Å². The highest BCUT2D eigenvalue weighted by atomic mass is 16.2. The van der Waals surface area contributed by atoms with Crippen LogP contribution < -0.4 is 4.90 Å². The molecular formula is C22H31N3O. The van der Waals surface area contributed by atoms with Gasteiger partial charge in [-0.05, 0) is 24.3 Å². The van der Waals surface area contributed by atoms with Gasteiger partial charge in [0.15, 0.2) is 0 Å². The molecule has 26 heavy (non-hydrogen) atoms. The summed E-state index contributed by atoms with van der Waals surface area (Å²) in [7, 11) is 0. The largest absolute Gasteiger partial charge is 0.311 e. The number of carbonyl (C=O) groups is 1. The second-order valence-corrected chi connectivity index (χ2v) is 7.61. The lowest BCUT2D eigenvalue weighted by Crippen LogP contribution is -2.50. The quantitative estimate of drug-likeness (QED) is 0.796. The summed E-state index contributed by atoms with van der Waals surface area (Å²) in [4.78, 5) is 19.8. The minimum Gasteiger partial charge on any atom is -0.311 e. The summed E-state index contributed by atoms with van der Waals surface area (Å²) in [5, 5.41) is 2.32. The van der Waals surface area contributed by atoms with Crippen molar-refractivity contribution in [2.45, 2.75) is 20.8 Å². The molecule has 0 bridgehead atoms. The summed E-state index contributed by atoms with van der Waals surface area (Å²) in [6.45, 7) is 13.0. The summed E-state index contributed by atoms with van der Waals surface area (Å²) in [6, 6.07) is 14.5. The smallest absolute Gasteiger partial charge is 0.241 e. The molecule has 2 aromatic carbocycles. The maximum atomic E-state index is 13.0. The number of hydrogen-bond acceptors (Lipinski definition) is 3. The van der Waals surface area contributed by atoms with E-state index in [4.69, 9.17) is 0 Å². The number of anilines is 1. The number of piperazine rings is 1. The van der Waals surface area contributed by atoms with Crippen molar-refractivity contribution in [2.75, 3.05) is 50.7 Å². The SMILES string of the molecule is CCN(C(=O)CN1CCN(CC(C)C)CC1)c1cccc2ccccc12. The Balaban J connectivity index is 1.66. The molecule has 1 aliphatic heterocycles. The van der Waals surface area contributed by atoms with Gasteiger partial charge in [0.1, 0.15) is 0 Å². The van der Waals surface area contributed by atoms with Crippen molar-refractivity contribution in [1.82, 2.24) is 9.80 Å². The van der Waals surface area contributed by atoms with E-state index in [-0.39, 0.29) is 5.91 Å². The third kappa shape index (κ3) is 4.43. The molecule has 0 atom stereocenters. The van der Waals surface area contributed by atoms with Crippen LogP contribution in [0, 0.1) is 5.92 Å². The van der Waals surface area contributed by atoms with Gasteiger partial charge in [0, 0.05) is 44.7 Å². The fourth-order valence-electron chi connectivity index (χ4n) is 3.85. The third-order valence-electron chi connectivity index (χ3n) is 5.12. The summed E-state index contributed by atoms with van der Waals surface area (Å²) < 4.78 is 0. The minimum absolute atomic E-state index is 0.196. The van der Waals surface area contributed by atoms with Gasteiger partial charge in [-0.25, -0.2) is 0 Å². The van der Waals surface area contributed by atoms with E-state index >= 15 is 0 Å². The van der Waals surface area contributed by atoms with E-state index in [9.17, 15) is 4.79 Å². The van der Waals surface area contributed by atoms with Crippen LogP contribution >= 0.6 is 0 Å². The molecule has 0 aromatic heterocycles. The summed E-state index contributed by atoms with van der Waals surface area (Å²) >= 11 is 0. The first-order chi connectivity index (χ1) is 12.6. The van der Waals surface area contributed by atoms with Crippen LogP contribution in [0.2, 0.25) is 0 Å². The molecule has 140 valence electrons. The molecule has 1 saturated heterocycles. The maximum absolute atomic E-state index is 13.0. The predicted molar refractivity (Wildman–Crippen MR) is 110 cm³/mol. The third-order valence-corrected chi connectivity index (χ3v) is 5.12. The van der Waals surface area contributed by atoms with Crippen LogP contribution in [0.4, 0.5) is 5.69 Å². The van der Waals surface area contributed by atoms with Crippen LogP contribution in [0.1, 0.15) is 20.8 Å². The lowest BCUT2D eigenvalue weighted by molar-refractivity contribution is -0.120. The molecule has 3 rings (SSSR count). The predicted octanol–water partition coefficient (Wildman–Crippen LogP) is 3.47. The molecule has 0 spiro atoms. The van der Waals surface area contributed by atoms with Crippen LogP contribution in [0.3, 0.4) is 0 Å². The zero-order chi connectivity index (χ0) is 18.5. The number of amides is 1. The molecule has 1 aliphatic rings. The van der Waals surface area contributed by atoms with Gasteiger partial charge in [-0.15, -0.1) is 0 Å². The second kappa shape index (κ2) is 8.65. The van der Waals surface area contributed by atoms with Crippen LogP contribution in [-0.4, -0.2) is 61.5 Å². The van der Waals surface area contributed by atoms with Gasteiger partial charge < -0.3 is 9.80 Å². The Morgan fingerprint density at radius 2 is 1.65 bits per heavy atom. The van der Waals surface area contributed by atoms with Crippen LogP contribution in [0.25, 0.3) is 10.8 Å². The van der Waals surface area contributed by atoms with Gasteiger partial charge >= 0.3 is 0 Å². The number of carbonyl (C=O) groups excluding carboxylic acids is 1. The Hall–Kier alpha value is -1.91. The van der Waals surface area contributed by atoms with Gasteiger partial charge in [0.25, 0.3) is 0 Å². The normalized spacial score (nSPS) is 16.3. The minimum atomic E-state index is 0.196. The molecule has 2 aromatic rings. The van der Waals surface area contributed by atoms with E-state index < -0.39 is 0 Å². The Morgan fingerprint density at radius 1 is 1.00 bits per heavy atom. The first-order valence-corrected chi connectivity index (χ1v) is 9.81. The number of nitrogens with zero attached hydrogens (tertiary/aromatic N) is 3. The van der Waals surface area contributed by atoms with E-state index in [0.717, 1.165) is 43.8 Å². The Kier molecular flexibility index (Phi) is 6.28. The van der Waals surface area contributed by atoms with Gasteiger partial charge in [-0.1, -0.05) is 50.2 Å². The lowest BCUT2D eigenvalue weighted by atomic mass is 10.1. The van der Waals surface area contributed by atoms with E-state index in [1.807, 2.05) is 23.1 Å². The number of hydrogen-bond donors (Lipinski definition) is 0. The van der Waals surface area contributed by atoms with Crippen molar-refractivity contribution in [3.05, 3.63) is 42.5 Å². The fourth-order valence-corrected chi connectivity index (χ4v) is 3.85. The van der Waals surface area contributed by atoms with E-state index in [0.29, 0.717) is 19.0 Å². The zero-order valence-corrected chi connectivity index (χ0v) is 16.3. The number of benzene rings is 2. The van der Waals surface area contributed by atoms with Crippen molar-refractivity contribution in [3.63, 3.8) is 0 Å². The highest BCUT2D eigenvalue weighted by Crippen LogP contribution is 2.26. The van der Waals surface area contributed by atoms with E-state index in [2.05, 4.69) is 54.8 Å². The number of fused-ring (bicyclic) bond motifs is 1. The second-order valence-electron chi connectivity index (χ2n) is 7.61. The van der Waals surface area contributed by atoms with Crippen LogP contribution in [0.15, 0.2) is 42.5 Å². The molecule has 1 fully saturated rings. The van der Waals surface area contributed by atoms with Crippen LogP contribution in [-0.2, 0) is 4.79 Å². The summed E-state index contributed by atoms with van der Waals surface area (Å²) in [5.74, 6) is 0.895. The molecule has 0 aliphatic carbocycles.